The minimum atomic E-state index is 0.183. The Morgan fingerprint density at radius 1 is 0.667 bits per heavy atom. The van der Waals surface area contributed by atoms with Crippen LogP contribution in [0.1, 0.15) is 0 Å². The molecule has 0 aromatic heterocycles. The standard InChI is InChI=1S/C21H22O6/c1-2-4-19(25-11-15-8-22-15)18(3-1)14-5-6-20(26-12-16-9-23-16)21(7-14)27-13-17-10-24-17/h1-7,15-17H,8-13H2. The Morgan fingerprint density at radius 2 is 1.22 bits per heavy atom. The average molecular weight is 370 g/mol. The maximum Gasteiger partial charge on any atom is 0.161 e. The van der Waals surface area contributed by atoms with Crippen LogP contribution in [0.4, 0.5) is 0 Å². The summed E-state index contributed by atoms with van der Waals surface area (Å²) >= 11 is 0. The van der Waals surface area contributed by atoms with Gasteiger partial charge in [-0.25, -0.2) is 0 Å². The smallest absolute Gasteiger partial charge is 0.161 e. The summed E-state index contributed by atoms with van der Waals surface area (Å²) in [6.07, 6.45) is 0.599. The molecule has 3 heterocycles. The number of hydrogen-bond donors (Lipinski definition) is 0. The first-order valence-corrected chi connectivity index (χ1v) is 9.32. The molecule has 5 rings (SSSR count). The molecular formula is C21H22O6. The van der Waals surface area contributed by atoms with Gasteiger partial charge in [0.2, 0.25) is 0 Å². The maximum absolute atomic E-state index is 5.97. The van der Waals surface area contributed by atoms with E-state index < -0.39 is 0 Å². The molecule has 3 unspecified atom stereocenters. The zero-order valence-electron chi connectivity index (χ0n) is 15.0. The predicted molar refractivity (Wildman–Crippen MR) is 97.6 cm³/mol. The average Bonchev–Trinajstić information content (AvgIpc) is 3.57. The highest BCUT2D eigenvalue weighted by Gasteiger charge is 2.26. The maximum atomic E-state index is 5.97. The van der Waals surface area contributed by atoms with Crippen molar-refractivity contribution in [3.63, 3.8) is 0 Å². The molecule has 2 aromatic carbocycles. The first kappa shape index (κ1) is 16.9. The monoisotopic (exact) mass is 370 g/mol. The van der Waals surface area contributed by atoms with Gasteiger partial charge in [0.25, 0.3) is 0 Å². The van der Waals surface area contributed by atoms with Gasteiger partial charge in [-0.1, -0.05) is 24.3 Å². The minimum absolute atomic E-state index is 0.183. The summed E-state index contributed by atoms with van der Waals surface area (Å²) in [5, 5.41) is 0. The molecule has 27 heavy (non-hydrogen) atoms. The molecule has 3 aliphatic rings. The summed E-state index contributed by atoms with van der Waals surface area (Å²) in [5.41, 5.74) is 2.03. The lowest BCUT2D eigenvalue weighted by molar-refractivity contribution is 0.228. The fraction of sp³-hybridized carbons (Fsp3) is 0.429. The molecule has 0 radical (unpaired) electrons. The van der Waals surface area contributed by atoms with E-state index >= 15 is 0 Å². The van der Waals surface area contributed by atoms with E-state index in [1.54, 1.807) is 0 Å². The van der Waals surface area contributed by atoms with Crippen molar-refractivity contribution in [3.8, 4) is 28.4 Å². The van der Waals surface area contributed by atoms with E-state index in [1.165, 1.54) is 0 Å². The third kappa shape index (κ3) is 4.53. The lowest BCUT2D eigenvalue weighted by Crippen LogP contribution is -2.09. The Bertz CT molecular complexity index is 795. The van der Waals surface area contributed by atoms with Crippen molar-refractivity contribution in [1.82, 2.24) is 0 Å². The van der Waals surface area contributed by atoms with Gasteiger partial charge in [-0.05, 0) is 23.8 Å². The second kappa shape index (κ2) is 7.38. The van der Waals surface area contributed by atoms with Gasteiger partial charge in [0, 0.05) is 5.56 Å². The van der Waals surface area contributed by atoms with Crippen molar-refractivity contribution < 1.29 is 28.4 Å². The van der Waals surface area contributed by atoms with E-state index in [-0.39, 0.29) is 18.3 Å². The second-order valence-corrected chi connectivity index (χ2v) is 6.96. The molecule has 2 aromatic rings. The minimum Gasteiger partial charge on any atom is -0.490 e. The van der Waals surface area contributed by atoms with Crippen LogP contribution in [0, 0.1) is 0 Å². The molecule has 0 saturated carbocycles. The summed E-state index contributed by atoms with van der Waals surface area (Å²) in [6, 6.07) is 14.0. The zero-order chi connectivity index (χ0) is 18.1. The number of epoxide rings is 3. The lowest BCUT2D eigenvalue weighted by Gasteiger charge is -2.15. The Kier molecular flexibility index (Phi) is 4.61. The van der Waals surface area contributed by atoms with Crippen molar-refractivity contribution >= 4 is 0 Å². The predicted octanol–water partition coefficient (Wildman–Crippen LogP) is 2.69. The van der Waals surface area contributed by atoms with Crippen molar-refractivity contribution in [2.45, 2.75) is 18.3 Å². The van der Waals surface area contributed by atoms with E-state index in [0.29, 0.717) is 25.6 Å². The van der Waals surface area contributed by atoms with Crippen LogP contribution < -0.4 is 14.2 Å². The summed E-state index contributed by atoms with van der Waals surface area (Å²) in [7, 11) is 0. The van der Waals surface area contributed by atoms with Crippen molar-refractivity contribution in [1.29, 1.82) is 0 Å². The van der Waals surface area contributed by atoms with Crippen LogP contribution in [0.25, 0.3) is 11.1 Å². The summed E-state index contributed by atoms with van der Waals surface area (Å²) in [4.78, 5) is 0. The van der Waals surface area contributed by atoms with Gasteiger partial charge in [0.05, 0.1) is 19.8 Å². The number of para-hydroxylation sites is 1. The number of benzene rings is 2. The third-order valence-corrected chi connectivity index (χ3v) is 4.62. The molecule has 3 fully saturated rings. The molecule has 0 bridgehead atoms. The van der Waals surface area contributed by atoms with Crippen LogP contribution in [0.3, 0.4) is 0 Å². The van der Waals surface area contributed by atoms with Crippen molar-refractivity contribution in [3.05, 3.63) is 42.5 Å². The molecule has 3 aliphatic heterocycles. The molecule has 3 saturated heterocycles. The molecule has 0 spiro atoms. The normalized spacial score (nSPS) is 25.0. The van der Waals surface area contributed by atoms with Crippen LogP contribution in [-0.4, -0.2) is 58.0 Å². The fourth-order valence-corrected chi connectivity index (χ4v) is 2.78. The number of ether oxygens (including phenoxy) is 6. The van der Waals surface area contributed by atoms with Gasteiger partial charge >= 0.3 is 0 Å². The van der Waals surface area contributed by atoms with Gasteiger partial charge in [0.1, 0.15) is 43.9 Å². The molecule has 3 atom stereocenters. The highest BCUT2D eigenvalue weighted by atomic mass is 16.6. The van der Waals surface area contributed by atoms with E-state index in [9.17, 15) is 0 Å². The van der Waals surface area contributed by atoms with Crippen LogP contribution >= 0.6 is 0 Å². The Hall–Kier alpha value is -2.28. The van der Waals surface area contributed by atoms with Crippen LogP contribution in [0.15, 0.2) is 42.5 Å². The topological polar surface area (TPSA) is 65.3 Å². The van der Waals surface area contributed by atoms with E-state index in [2.05, 4.69) is 0 Å². The number of rotatable bonds is 10. The third-order valence-electron chi connectivity index (χ3n) is 4.62. The summed E-state index contributed by atoms with van der Waals surface area (Å²) in [6.45, 7) is 3.93. The Morgan fingerprint density at radius 3 is 1.85 bits per heavy atom. The van der Waals surface area contributed by atoms with Gasteiger partial charge in [-0.2, -0.15) is 0 Å². The molecule has 0 N–H and O–H groups in total. The summed E-state index contributed by atoms with van der Waals surface area (Å²) in [5.74, 6) is 2.27. The SMILES string of the molecule is c1ccc(-c2ccc(OCC3CO3)c(OCC3CO3)c2)c(OCC2CO2)c1. The molecule has 0 aliphatic carbocycles. The van der Waals surface area contributed by atoms with Crippen LogP contribution in [0.5, 0.6) is 17.2 Å². The van der Waals surface area contributed by atoms with Crippen LogP contribution in [-0.2, 0) is 14.2 Å². The molecule has 0 amide bonds. The summed E-state index contributed by atoms with van der Waals surface area (Å²) < 4.78 is 33.5. The largest absolute Gasteiger partial charge is 0.490 e. The number of hydrogen-bond acceptors (Lipinski definition) is 6. The van der Waals surface area contributed by atoms with Gasteiger partial charge < -0.3 is 28.4 Å². The molecule has 6 nitrogen and oxygen atoms in total. The second-order valence-electron chi connectivity index (χ2n) is 6.96. The van der Waals surface area contributed by atoms with E-state index in [1.807, 2.05) is 42.5 Å². The highest BCUT2D eigenvalue weighted by molar-refractivity contribution is 5.72. The Labute approximate surface area is 157 Å². The first-order valence-electron chi connectivity index (χ1n) is 9.32. The zero-order valence-corrected chi connectivity index (χ0v) is 15.0. The molecular weight excluding hydrogens is 348 g/mol. The molecule has 6 heteroatoms. The highest BCUT2D eigenvalue weighted by Crippen LogP contribution is 2.37. The van der Waals surface area contributed by atoms with E-state index in [0.717, 1.165) is 42.4 Å². The van der Waals surface area contributed by atoms with Crippen molar-refractivity contribution in [2.24, 2.45) is 0 Å². The Balaban J connectivity index is 1.38. The van der Waals surface area contributed by atoms with Gasteiger partial charge in [-0.15, -0.1) is 0 Å². The quantitative estimate of drug-likeness (QED) is 0.599. The van der Waals surface area contributed by atoms with Crippen molar-refractivity contribution in [2.75, 3.05) is 39.6 Å². The van der Waals surface area contributed by atoms with Gasteiger partial charge in [-0.3, -0.25) is 0 Å². The van der Waals surface area contributed by atoms with Gasteiger partial charge in [0.15, 0.2) is 11.5 Å². The van der Waals surface area contributed by atoms with Crippen LogP contribution in [0.2, 0.25) is 0 Å². The first-order chi connectivity index (χ1) is 13.3. The lowest BCUT2D eigenvalue weighted by atomic mass is 10.0. The van der Waals surface area contributed by atoms with E-state index in [4.69, 9.17) is 28.4 Å². The fourth-order valence-electron chi connectivity index (χ4n) is 2.78. The molecule has 142 valence electrons.